The summed E-state index contributed by atoms with van der Waals surface area (Å²) < 4.78 is 41.5. The number of halogens is 4. The fraction of sp³-hybridized carbons (Fsp3) is 0.296. The SMILES string of the molecule is O=C(NC1CC(F)(F)C1)C(c1ccccc1Cl)N(C(=O)C1CCC(=O)N1c1cnccn1)c1cccc(F)c1. The molecule has 1 saturated heterocycles. The van der Waals surface area contributed by atoms with E-state index in [1.807, 2.05) is 0 Å². The lowest BCUT2D eigenvalue weighted by Crippen LogP contribution is -2.56. The molecule has 8 nitrogen and oxygen atoms in total. The van der Waals surface area contributed by atoms with Gasteiger partial charge in [-0.3, -0.25) is 29.2 Å². The number of alkyl halides is 2. The molecular formula is C27H23ClF3N5O3. The minimum atomic E-state index is -2.89. The second-order valence-electron chi connectivity index (χ2n) is 9.46. The van der Waals surface area contributed by atoms with Crippen molar-refractivity contribution in [3.63, 3.8) is 0 Å². The van der Waals surface area contributed by atoms with Gasteiger partial charge in [-0.05, 0) is 30.7 Å². The fourth-order valence-electron chi connectivity index (χ4n) is 4.95. The van der Waals surface area contributed by atoms with E-state index in [1.54, 1.807) is 12.1 Å². The third-order valence-electron chi connectivity index (χ3n) is 6.76. The van der Waals surface area contributed by atoms with Crippen LogP contribution in [-0.4, -0.2) is 45.7 Å². The third-order valence-corrected chi connectivity index (χ3v) is 7.10. The Hall–Kier alpha value is -3.99. The van der Waals surface area contributed by atoms with Crippen molar-refractivity contribution < 1.29 is 27.6 Å². The summed E-state index contributed by atoms with van der Waals surface area (Å²) in [6, 6.07) is 8.00. The smallest absolute Gasteiger partial charge is 0.252 e. The highest BCUT2D eigenvalue weighted by Crippen LogP contribution is 2.39. The lowest BCUT2D eigenvalue weighted by molar-refractivity contribution is -0.133. The molecule has 1 N–H and O–H groups in total. The standard InChI is InChI=1S/C27H23ClF3N5O3/c28-20-7-2-1-6-19(20)24(25(38)34-17-13-27(30,31)14-17)35(18-5-3-4-16(29)12-18)26(39)21-8-9-23(37)36(21)22-15-32-10-11-33-22/h1-7,10-12,15,17,21,24H,8-9,13-14H2,(H,34,38). The summed E-state index contributed by atoms with van der Waals surface area (Å²) in [5, 5.41) is 2.73. The largest absolute Gasteiger partial charge is 0.351 e. The average molecular weight is 558 g/mol. The van der Waals surface area contributed by atoms with Crippen LogP contribution < -0.4 is 15.1 Å². The van der Waals surface area contributed by atoms with Crippen molar-refractivity contribution in [1.29, 1.82) is 0 Å². The Morgan fingerprint density at radius 2 is 1.90 bits per heavy atom. The first-order valence-electron chi connectivity index (χ1n) is 12.2. The molecule has 202 valence electrons. The van der Waals surface area contributed by atoms with Crippen molar-refractivity contribution in [2.75, 3.05) is 9.80 Å². The van der Waals surface area contributed by atoms with Crippen molar-refractivity contribution in [1.82, 2.24) is 15.3 Å². The Morgan fingerprint density at radius 3 is 2.56 bits per heavy atom. The van der Waals surface area contributed by atoms with Crippen LogP contribution in [0.2, 0.25) is 5.02 Å². The zero-order valence-corrected chi connectivity index (χ0v) is 21.2. The van der Waals surface area contributed by atoms with E-state index in [2.05, 4.69) is 15.3 Å². The molecule has 2 fully saturated rings. The third kappa shape index (κ3) is 5.44. The first-order valence-corrected chi connectivity index (χ1v) is 12.6. The van der Waals surface area contributed by atoms with Gasteiger partial charge in [0.25, 0.3) is 11.8 Å². The van der Waals surface area contributed by atoms with E-state index >= 15 is 0 Å². The molecule has 2 heterocycles. The van der Waals surface area contributed by atoms with Gasteiger partial charge in [0.05, 0.1) is 6.20 Å². The highest BCUT2D eigenvalue weighted by Gasteiger charge is 2.48. The predicted molar refractivity (Wildman–Crippen MR) is 137 cm³/mol. The molecule has 0 spiro atoms. The monoisotopic (exact) mass is 557 g/mol. The predicted octanol–water partition coefficient (Wildman–Crippen LogP) is 4.45. The Kier molecular flexibility index (Phi) is 7.26. The summed E-state index contributed by atoms with van der Waals surface area (Å²) in [5.74, 6) is -5.25. The number of nitrogens with zero attached hydrogens (tertiary/aromatic N) is 4. The molecular weight excluding hydrogens is 535 g/mol. The van der Waals surface area contributed by atoms with Crippen LogP contribution in [-0.2, 0) is 14.4 Å². The molecule has 1 aliphatic carbocycles. The van der Waals surface area contributed by atoms with Crippen LogP contribution in [0, 0.1) is 5.82 Å². The summed E-state index contributed by atoms with van der Waals surface area (Å²) in [5.41, 5.74) is 0.230. The van der Waals surface area contributed by atoms with Crippen LogP contribution in [0.4, 0.5) is 24.7 Å². The van der Waals surface area contributed by atoms with Gasteiger partial charge in [-0.15, -0.1) is 0 Å². The summed E-state index contributed by atoms with van der Waals surface area (Å²) in [4.78, 5) is 51.3. The lowest BCUT2D eigenvalue weighted by atomic mass is 9.87. The van der Waals surface area contributed by atoms with E-state index in [0.29, 0.717) is 0 Å². The molecule has 12 heteroatoms. The normalized spacial score (nSPS) is 19.3. The Balaban J connectivity index is 1.60. The molecule has 1 aromatic heterocycles. The number of amides is 3. The molecule has 2 atom stereocenters. The van der Waals surface area contributed by atoms with Crippen molar-refractivity contribution in [3.05, 3.63) is 83.5 Å². The maximum atomic E-state index is 14.4. The van der Waals surface area contributed by atoms with E-state index in [0.717, 1.165) is 11.0 Å². The van der Waals surface area contributed by atoms with Crippen molar-refractivity contribution >= 4 is 40.8 Å². The molecule has 3 aromatic rings. The average Bonchev–Trinajstić information content (AvgIpc) is 3.28. The van der Waals surface area contributed by atoms with E-state index in [4.69, 9.17) is 11.6 Å². The molecule has 1 aliphatic heterocycles. The summed E-state index contributed by atoms with van der Waals surface area (Å²) in [6.07, 6.45) is 3.18. The topological polar surface area (TPSA) is 95.5 Å². The van der Waals surface area contributed by atoms with Crippen LogP contribution in [0.5, 0.6) is 0 Å². The summed E-state index contributed by atoms with van der Waals surface area (Å²) >= 11 is 6.47. The second kappa shape index (κ2) is 10.6. The van der Waals surface area contributed by atoms with Crippen LogP contribution in [0.3, 0.4) is 0 Å². The molecule has 1 saturated carbocycles. The van der Waals surface area contributed by atoms with Crippen molar-refractivity contribution in [2.45, 2.75) is 49.7 Å². The second-order valence-corrected chi connectivity index (χ2v) is 9.87. The Morgan fingerprint density at radius 1 is 1.13 bits per heavy atom. The van der Waals surface area contributed by atoms with Crippen LogP contribution in [0.15, 0.2) is 67.1 Å². The highest BCUT2D eigenvalue weighted by atomic mass is 35.5. The van der Waals surface area contributed by atoms with E-state index in [9.17, 15) is 27.6 Å². The van der Waals surface area contributed by atoms with E-state index in [-0.39, 0.29) is 40.8 Å². The highest BCUT2D eigenvalue weighted by molar-refractivity contribution is 6.31. The van der Waals surface area contributed by atoms with Crippen LogP contribution in [0.1, 0.15) is 37.3 Å². The lowest BCUT2D eigenvalue weighted by Gasteiger charge is -2.39. The van der Waals surface area contributed by atoms with E-state index < -0.39 is 54.5 Å². The molecule has 3 amide bonds. The maximum Gasteiger partial charge on any atom is 0.252 e. The molecule has 0 radical (unpaired) electrons. The fourth-order valence-corrected chi connectivity index (χ4v) is 5.19. The minimum absolute atomic E-state index is 0.0254. The van der Waals surface area contributed by atoms with Gasteiger partial charge in [0.15, 0.2) is 5.82 Å². The molecule has 2 aromatic carbocycles. The van der Waals surface area contributed by atoms with Gasteiger partial charge in [-0.1, -0.05) is 35.9 Å². The summed E-state index contributed by atoms with van der Waals surface area (Å²) in [7, 11) is 0. The number of hydrogen-bond acceptors (Lipinski definition) is 5. The number of hydrogen-bond donors (Lipinski definition) is 1. The van der Waals surface area contributed by atoms with Gasteiger partial charge in [0, 0.05) is 54.0 Å². The number of carbonyl (C=O) groups is 3. The minimum Gasteiger partial charge on any atom is -0.351 e. The van der Waals surface area contributed by atoms with Gasteiger partial charge < -0.3 is 5.32 Å². The van der Waals surface area contributed by atoms with Gasteiger partial charge >= 0.3 is 0 Å². The number of carbonyl (C=O) groups excluding carboxylic acids is 3. The van der Waals surface area contributed by atoms with E-state index in [1.165, 1.54) is 53.8 Å². The number of anilines is 2. The first-order chi connectivity index (χ1) is 18.6. The summed E-state index contributed by atoms with van der Waals surface area (Å²) in [6.45, 7) is 0. The van der Waals surface area contributed by atoms with Crippen molar-refractivity contribution in [2.24, 2.45) is 0 Å². The first kappa shape index (κ1) is 26.6. The van der Waals surface area contributed by atoms with Gasteiger partial charge in [-0.2, -0.15) is 0 Å². The van der Waals surface area contributed by atoms with Gasteiger partial charge in [0.2, 0.25) is 11.8 Å². The molecule has 2 unspecified atom stereocenters. The quantitative estimate of drug-likeness (QED) is 0.463. The van der Waals surface area contributed by atoms with Crippen LogP contribution >= 0.6 is 11.6 Å². The Bertz CT molecular complexity index is 1400. The van der Waals surface area contributed by atoms with Crippen molar-refractivity contribution in [3.8, 4) is 0 Å². The number of aromatic nitrogens is 2. The van der Waals surface area contributed by atoms with Gasteiger partial charge in [0.1, 0.15) is 17.9 Å². The maximum absolute atomic E-state index is 14.4. The molecule has 5 rings (SSSR count). The van der Waals surface area contributed by atoms with Gasteiger partial charge in [-0.25, -0.2) is 18.2 Å². The molecule has 39 heavy (non-hydrogen) atoms. The zero-order chi connectivity index (χ0) is 27.7. The zero-order valence-electron chi connectivity index (χ0n) is 20.4. The number of nitrogens with one attached hydrogen (secondary N) is 1. The molecule has 0 bridgehead atoms. The molecule has 2 aliphatic rings. The number of rotatable bonds is 7. The Labute approximate surface area is 226 Å². The number of benzene rings is 2. The van der Waals surface area contributed by atoms with Crippen LogP contribution in [0.25, 0.3) is 0 Å².